The van der Waals surface area contributed by atoms with Crippen molar-refractivity contribution in [3.8, 4) is 0 Å². The van der Waals surface area contributed by atoms with Gasteiger partial charge in [0.2, 0.25) is 17.8 Å². The van der Waals surface area contributed by atoms with Crippen LogP contribution in [0.2, 0.25) is 0 Å². The highest BCUT2D eigenvalue weighted by atomic mass is 19.1. The van der Waals surface area contributed by atoms with Crippen molar-refractivity contribution in [3.05, 3.63) is 35.8 Å². The molecule has 2 amide bonds. The first-order valence-electron chi connectivity index (χ1n) is 13.3. The van der Waals surface area contributed by atoms with Gasteiger partial charge in [0.25, 0.3) is 0 Å². The Balaban J connectivity index is 1.19. The number of likely N-dealkylation sites (N-methyl/N-ethyl adjacent to an activating group) is 1. The Morgan fingerprint density at radius 3 is 2.57 bits per heavy atom. The van der Waals surface area contributed by atoms with E-state index in [9.17, 15) is 9.59 Å². The van der Waals surface area contributed by atoms with Gasteiger partial charge in [-0.15, -0.1) is 0 Å². The Morgan fingerprint density at radius 1 is 1.16 bits per heavy atom. The summed E-state index contributed by atoms with van der Waals surface area (Å²) in [6.45, 7) is 6.08. The SMILES string of the molecule is C[C@@H]1C2CC1(N1C(=O)C3(CCNC3=O)Cc3cnc(Nc4ccc(N5CCN(C)CC5)c(F)c4)nc31)C2. The lowest BCUT2D eigenvalue weighted by atomic mass is 9.42. The highest BCUT2D eigenvalue weighted by Crippen LogP contribution is 2.67. The summed E-state index contributed by atoms with van der Waals surface area (Å²) in [7, 11) is 2.07. The van der Waals surface area contributed by atoms with E-state index in [1.54, 1.807) is 12.3 Å². The van der Waals surface area contributed by atoms with Crippen molar-refractivity contribution in [2.24, 2.45) is 17.3 Å². The fourth-order valence-corrected chi connectivity index (χ4v) is 7.04. The molecule has 2 saturated heterocycles. The second kappa shape index (κ2) is 7.86. The van der Waals surface area contributed by atoms with E-state index in [2.05, 4.69) is 39.4 Å². The molecule has 2 aromatic rings. The molecule has 4 heterocycles. The van der Waals surface area contributed by atoms with Gasteiger partial charge in [0.05, 0.1) is 11.2 Å². The zero-order valence-electron chi connectivity index (χ0n) is 21.3. The summed E-state index contributed by atoms with van der Waals surface area (Å²) in [5, 5.41) is 6.01. The second-order valence-corrected chi connectivity index (χ2v) is 11.6. The van der Waals surface area contributed by atoms with Gasteiger partial charge in [0, 0.05) is 56.6 Å². The van der Waals surface area contributed by atoms with E-state index in [0.29, 0.717) is 54.4 Å². The van der Waals surface area contributed by atoms with Crippen LogP contribution in [-0.4, -0.2) is 72.0 Å². The maximum Gasteiger partial charge on any atom is 0.244 e. The lowest BCUT2D eigenvalue weighted by molar-refractivity contribution is -0.151. The first kappa shape index (κ1) is 22.9. The van der Waals surface area contributed by atoms with Gasteiger partial charge in [-0.05, 0) is 56.3 Å². The molecule has 2 N–H and O–H groups in total. The third-order valence-electron chi connectivity index (χ3n) is 9.71. The van der Waals surface area contributed by atoms with Gasteiger partial charge in [0.1, 0.15) is 17.1 Å². The Morgan fingerprint density at radius 2 is 1.95 bits per heavy atom. The number of carbonyl (C=O) groups excluding carboxylic acids is 2. The van der Waals surface area contributed by atoms with Crippen molar-refractivity contribution >= 4 is 35.0 Å². The molecule has 37 heavy (non-hydrogen) atoms. The maximum absolute atomic E-state index is 15.1. The van der Waals surface area contributed by atoms with Crippen molar-refractivity contribution in [1.82, 2.24) is 20.2 Å². The van der Waals surface area contributed by atoms with Crippen LogP contribution in [-0.2, 0) is 16.0 Å². The lowest BCUT2D eigenvalue weighted by Gasteiger charge is -2.71. The number of carbonyl (C=O) groups is 2. The number of nitrogens with zero attached hydrogens (tertiary/aromatic N) is 5. The van der Waals surface area contributed by atoms with Crippen LogP contribution in [0.5, 0.6) is 0 Å². The molecular formula is C27H32FN7O2. The average molecular weight is 506 g/mol. The molecule has 2 bridgehead atoms. The molecule has 1 aromatic heterocycles. The summed E-state index contributed by atoms with van der Waals surface area (Å²) in [5.74, 6) is 1.31. The van der Waals surface area contributed by atoms with Crippen LogP contribution < -0.4 is 20.4 Å². The van der Waals surface area contributed by atoms with Gasteiger partial charge in [-0.2, -0.15) is 4.98 Å². The van der Waals surface area contributed by atoms with Crippen LogP contribution >= 0.6 is 0 Å². The van der Waals surface area contributed by atoms with E-state index in [1.807, 2.05) is 11.0 Å². The average Bonchev–Trinajstić information content (AvgIpc) is 3.22. The summed E-state index contributed by atoms with van der Waals surface area (Å²) >= 11 is 0. The predicted molar refractivity (Wildman–Crippen MR) is 137 cm³/mol. The third kappa shape index (κ3) is 3.17. The first-order chi connectivity index (χ1) is 17.8. The van der Waals surface area contributed by atoms with Crippen LogP contribution in [0.1, 0.15) is 31.7 Å². The van der Waals surface area contributed by atoms with Crippen LogP contribution in [0.15, 0.2) is 24.4 Å². The highest BCUT2D eigenvalue weighted by molar-refractivity contribution is 6.15. The zero-order chi connectivity index (χ0) is 25.5. The smallest absolute Gasteiger partial charge is 0.244 e. The molecule has 9 nitrogen and oxygen atoms in total. The van der Waals surface area contributed by atoms with Gasteiger partial charge in [-0.25, -0.2) is 9.37 Å². The number of fused-ring (bicyclic) bond motifs is 1. The number of hydrogen-bond acceptors (Lipinski definition) is 7. The summed E-state index contributed by atoms with van der Waals surface area (Å²) in [6, 6.07) is 5.10. The van der Waals surface area contributed by atoms with E-state index in [4.69, 9.17) is 4.98 Å². The topological polar surface area (TPSA) is 93.7 Å². The van der Waals surface area contributed by atoms with E-state index in [-0.39, 0.29) is 23.2 Å². The molecule has 3 saturated carbocycles. The first-order valence-corrected chi connectivity index (χ1v) is 13.3. The third-order valence-corrected chi connectivity index (χ3v) is 9.71. The van der Waals surface area contributed by atoms with E-state index >= 15 is 4.39 Å². The number of piperazine rings is 1. The molecule has 0 radical (unpaired) electrons. The fourth-order valence-electron chi connectivity index (χ4n) is 7.04. The number of benzene rings is 1. The summed E-state index contributed by atoms with van der Waals surface area (Å²) in [4.78, 5) is 42.3. The van der Waals surface area contributed by atoms with E-state index in [0.717, 1.165) is 44.6 Å². The highest BCUT2D eigenvalue weighted by Gasteiger charge is 2.71. The van der Waals surface area contributed by atoms with Gasteiger partial charge in [-0.3, -0.25) is 14.5 Å². The standard InChI is InChI=1S/C27H32FN7O2/c1-16-17-13-27(16,14-17)35-22-18(12-26(24(35)37)5-6-29-23(26)36)15-30-25(32-22)31-19-3-4-21(20(28)11-19)34-9-7-33(2)8-10-34/h3-4,11,15-17H,5-10,12-14H2,1-2H3,(H,29,36)(H,30,31,32)/t16-,17?,26?,27?/m1/s1. The number of aromatic nitrogens is 2. The van der Waals surface area contributed by atoms with Crippen LogP contribution in [0.25, 0.3) is 0 Å². The number of amides is 2. The number of halogens is 1. The van der Waals surface area contributed by atoms with Gasteiger partial charge < -0.3 is 20.4 Å². The minimum Gasteiger partial charge on any atom is -0.367 e. The summed E-state index contributed by atoms with van der Waals surface area (Å²) < 4.78 is 15.1. The van der Waals surface area contributed by atoms with Crippen molar-refractivity contribution < 1.29 is 14.0 Å². The molecule has 1 spiro atoms. The lowest BCUT2D eigenvalue weighted by Crippen LogP contribution is -2.78. The van der Waals surface area contributed by atoms with E-state index in [1.165, 1.54) is 6.07 Å². The van der Waals surface area contributed by atoms with Crippen molar-refractivity contribution in [1.29, 1.82) is 0 Å². The quantitative estimate of drug-likeness (QED) is 0.616. The van der Waals surface area contributed by atoms with Gasteiger partial charge in [-0.1, -0.05) is 6.92 Å². The number of nitrogens with one attached hydrogen (secondary N) is 2. The van der Waals surface area contributed by atoms with Crippen molar-refractivity contribution in [2.75, 3.05) is 54.9 Å². The molecule has 3 aliphatic carbocycles. The summed E-state index contributed by atoms with van der Waals surface area (Å²) in [5.41, 5.74) is 0.627. The Bertz CT molecular complexity index is 1300. The van der Waals surface area contributed by atoms with Crippen LogP contribution in [0, 0.1) is 23.1 Å². The van der Waals surface area contributed by atoms with Crippen molar-refractivity contribution in [2.45, 2.75) is 38.1 Å². The van der Waals surface area contributed by atoms with Gasteiger partial charge >= 0.3 is 0 Å². The molecule has 1 aromatic carbocycles. The van der Waals surface area contributed by atoms with Crippen molar-refractivity contribution in [3.63, 3.8) is 0 Å². The van der Waals surface area contributed by atoms with Crippen LogP contribution in [0.4, 0.5) is 27.5 Å². The maximum atomic E-state index is 15.1. The molecule has 3 aliphatic heterocycles. The molecule has 2 atom stereocenters. The Hall–Kier alpha value is -3.27. The number of hydrogen-bond donors (Lipinski definition) is 2. The molecule has 5 fully saturated rings. The number of rotatable bonds is 4. The minimum atomic E-state index is -1.07. The number of anilines is 4. The minimum absolute atomic E-state index is 0.132. The fraction of sp³-hybridized carbons (Fsp3) is 0.556. The Labute approximate surface area is 215 Å². The zero-order valence-corrected chi connectivity index (χ0v) is 21.3. The molecule has 10 heteroatoms. The molecule has 194 valence electrons. The molecule has 6 aliphatic rings. The molecule has 8 rings (SSSR count). The second-order valence-electron chi connectivity index (χ2n) is 11.6. The Kier molecular flexibility index (Phi) is 4.87. The molecule has 1 unspecified atom stereocenters. The normalized spacial score (nSPS) is 32.6. The predicted octanol–water partition coefficient (Wildman–Crippen LogP) is 2.30. The van der Waals surface area contributed by atoms with Gasteiger partial charge in [0.15, 0.2) is 0 Å². The van der Waals surface area contributed by atoms with E-state index < -0.39 is 5.41 Å². The van der Waals surface area contributed by atoms with Crippen LogP contribution in [0.3, 0.4) is 0 Å². The molecular weight excluding hydrogens is 473 g/mol. The summed E-state index contributed by atoms with van der Waals surface area (Å²) in [6.07, 6.45) is 4.42. The monoisotopic (exact) mass is 505 g/mol. The largest absolute Gasteiger partial charge is 0.367 e.